The van der Waals surface area contributed by atoms with E-state index >= 15 is 0 Å². The molecule has 0 spiro atoms. The highest BCUT2D eigenvalue weighted by molar-refractivity contribution is 7.84. The van der Waals surface area contributed by atoms with Crippen LogP contribution in [0.5, 0.6) is 0 Å². The van der Waals surface area contributed by atoms with E-state index in [1.807, 2.05) is 6.92 Å². The van der Waals surface area contributed by atoms with Crippen LogP contribution in [-0.4, -0.2) is 15.7 Å². The minimum atomic E-state index is -0.719. The Bertz CT molecular complexity index is 492. The summed E-state index contributed by atoms with van der Waals surface area (Å²) in [6, 6.07) is 0. The van der Waals surface area contributed by atoms with Gasteiger partial charge >= 0.3 is 0 Å². The Morgan fingerprint density at radius 2 is 0.960 bits per heavy atom. The largest absolute Gasteiger partial charge is 0.260 e. The van der Waals surface area contributed by atoms with Crippen molar-refractivity contribution in [3.8, 4) is 0 Å². The second-order valence-corrected chi connectivity index (χ2v) is 7.76. The highest BCUT2D eigenvalue weighted by Gasteiger charge is 2.01. The van der Waals surface area contributed by atoms with Crippen molar-refractivity contribution < 1.29 is 4.21 Å². The summed E-state index contributed by atoms with van der Waals surface area (Å²) in [4.78, 5) is 0. The number of hydrogen-bond acceptors (Lipinski definition) is 1. The molecular formula is C23H36OS. The molecule has 0 aromatic rings. The second-order valence-electron chi connectivity index (χ2n) is 5.96. The first-order valence-electron chi connectivity index (χ1n) is 9.40. The van der Waals surface area contributed by atoms with Crippen molar-refractivity contribution in [2.45, 2.75) is 64.0 Å². The molecular weight excluding hydrogens is 324 g/mol. The van der Waals surface area contributed by atoms with Crippen LogP contribution in [-0.2, 0) is 10.8 Å². The van der Waals surface area contributed by atoms with Crippen molar-refractivity contribution in [1.29, 1.82) is 0 Å². The molecule has 0 aliphatic rings. The second kappa shape index (κ2) is 18.9. The Kier molecular flexibility index (Phi) is 17.9. The third kappa shape index (κ3) is 18.8. The molecule has 0 aliphatic carbocycles. The van der Waals surface area contributed by atoms with Crippen LogP contribution in [0.4, 0.5) is 0 Å². The van der Waals surface area contributed by atoms with Crippen LogP contribution in [0.3, 0.4) is 0 Å². The molecule has 2 unspecified atom stereocenters. The van der Waals surface area contributed by atoms with Gasteiger partial charge < -0.3 is 0 Å². The van der Waals surface area contributed by atoms with Gasteiger partial charge in [-0.1, -0.05) is 86.8 Å². The molecule has 0 aromatic carbocycles. The summed E-state index contributed by atoms with van der Waals surface area (Å²) >= 11 is 0. The van der Waals surface area contributed by atoms with E-state index in [0.29, 0.717) is 0 Å². The number of allylic oxidation sites excluding steroid dienone is 12. The minimum absolute atomic E-state index is 0.254. The molecule has 0 fully saturated rings. The fourth-order valence-corrected chi connectivity index (χ4v) is 2.33. The molecule has 0 amide bonds. The molecule has 1 nitrogen and oxygen atoms in total. The van der Waals surface area contributed by atoms with Gasteiger partial charge in [0.1, 0.15) is 0 Å². The van der Waals surface area contributed by atoms with Crippen molar-refractivity contribution in [2.75, 3.05) is 6.26 Å². The van der Waals surface area contributed by atoms with Crippen LogP contribution in [0.25, 0.3) is 0 Å². The highest BCUT2D eigenvalue weighted by atomic mass is 32.2. The number of hydrogen-bond donors (Lipinski definition) is 0. The maximum Gasteiger partial charge on any atom is 0.0351 e. The number of rotatable bonds is 14. The molecule has 0 bridgehead atoms. The van der Waals surface area contributed by atoms with Gasteiger partial charge in [-0.25, -0.2) is 0 Å². The molecule has 0 aromatic heterocycles. The Labute approximate surface area is 158 Å². The summed E-state index contributed by atoms with van der Waals surface area (Å²) in [5.74, 6) is 0. The predicted molar refractivity (Wildman–Crippen MR) is 116 cm³/mol. The van der Waals surface area contributed by atoms with Gasteiger partial charge in [0.2, 0.25) is 0 Å². The standard InChI is InChI=1S/C23H36OS/c1-4-5-6-7-8-9-10-11-12-13-14-15-16-17-18-19-20-21-22-23(2)25(3)24/h5-6,8-9,11-12,14-15,17-18,20-21,23H,4,7,10,13,16,19,22H2,1-3H3/b6-5-,9-8-,12-11-,15-14-,18-17-,21-20-. The molecule has 0 N–H and O–H groups in total. The first-order valence-corrected chi connectivity index (χ1v) is 11.0. The molecule has 0 saturated heterocycles. The van der Waals surface area contributed by atoms with Crippen molar-refractivity contribution >= 4 is 10.8 Å². The SMILES string of the molecule is CC/C=C\C/C=C\C/C=C\C/C=C\C/C=C\C/C=C\CC(C)S(C)=O. The fraction of sp³-hybridized carbons (Fsp3) is 0.478. The predicted octanol–water partition coefficient (Wildman–Crippen LogP) is 6.84. The van der Waals surface area contributed by atoms with Crippen LogP contribution < -0.4 is 0 Å². The molecule has 0 radical (unpaired) electrons. The quantitative estimate of drug-likeness (QED) is 0.310. The van der Waals surface area contributed by atoms with Crippen LogP contribution in [0, 0.1) is 0 Å². The lowest BCUT2D eigenvalue weighted by Crippen LogP contribution is -2.06. The Balaban J connectivity index is 3.59. The van der Waals surface area contributed by atoms with Crippen molar-refractivity contribution in [1.82, 2.24) is 0 Å². The summed E-state index contributed by atoms with van der Waals surface area (Å²) in [6.07, 6.45) is 35.1. The monoisotopic (exact) mass is 360 g/mol. The molecule has 140 valence electrons. The van der Waals surface area contributed by atoms with Crippen molar-refractivity contribution in [2.24, 2.45) is 0 Å². The van der Waals surface area contributed by atoms with Crippen LogP contribution in [0.15, 0.2) is 72.9 Å². The molecule has 0 heterocycles. The van der Waals surface area contributed by atoms with Gasteiger partial charge in [-0.05, 0) is 44.9 Å². The van der Waals surface area contributed by atoms with Gasteiger partial charge in [0.25, 0.3) is 0 Å². The summed E-state index contributed by atoms with van der Waals surface area (Å²) in [5, 5.41) is 0.254. The molecule has 0 saturated carbocycles. The Morgan fingerprint density at radius 1 is 0.640 bits per heavy atom. The zero-order chi connectivity index (χ0) is 18.6. The first-order chi connectivity index (χ1) is 12.2. The van der Waals surface area contributed by atoms with E-state index in [1.54, 1.807) is 6.26 Å². The van der Waals surface area contributed by atoms with Gasteiger partial charge in [-0.2, -0.15) is 0 Å². The molecule has 25 heavy (non-hydrogen) atoms. The zero-order valence-corrected chi connectivity index (χ0v) is 17.1. The van der Waals surface area contributed by atoms with Gasteiger partial charge in [0.05, 0.1) is 0 Å². The summed E-state index contributed by atoms with van der Waals surface area (Å²) in [6.45, 7) is 4.18. The smallest absolute Gasteiger partial charge is 0.0351 e. The third-order valence-electron chi connectivity index (χ3n) is 3.63. The maximum absolute atomic E-state index is 11.2. The summed E-state index contributed by atoms with van der Waals surface area (Å²) < 4.78 is 11.2. The summed E-state index contributed by atoms with van der Waals surface area (Å²) in [7, 11) is -0.719. The topological polar surface area (TPSA) is 17.1 Å². The van der Waals surface area contributed by atoms with Crippen molar-refractivity contribution in [3.63, 3.8) is 0 Å². The zero-order valence-electron chi connectivity index (χ0n) is 16.3. The van der Waals surface area contributed by atoms with Crippen LogP contribution >= 0.6 is 0 Å². The van der Waals surface area contributed by atoms with E-state index in [1.165, 1.54) is 0 Å². The van der Waals surface area contributed by atoms with E-state index in [-0.39, 0.29) is 5.25 Å². The van der Waals surface area contributed by atoms with Gasteiger partial charge in [-0.3, -0.25) is 4.21 Å². The van der Waals surface area contributed by atoms with E-state index in [4.69, 9.17) is 0 Å². The van der Waals surface area contributed by atoms with Crippen LogP contribution in [0.1, 0.15) is 58.8 Å². The van der Waals surface area contributed by atoms with Gasteiger partial charge in [0, 0.05) is 22.3 Å². The van der Waals surface area contributed by atoms with Gasteiger partial charge in [0.15, 0.2) is 0 Å². The molecule has 0 aliphatic heterocycles. The summed E-state index contributed by atoms with van der Waals surface area (Å²) in [5.41, 5.74) is 0. The lowest BCUT2D eigenvalue weighted by molar-refractivity contribution is 0.677. The average Bonchev–Trinajstić information content (AvgIpc) is 2.60. The minimum Gasteiger partial charge on any atom is -0.260 e. The maximum atomic E-state index is 11.2. The molecule has 0 rings (SSSR count). The molecule has 2 atom stereocenters. The van der Waals surface area contributed by atoms with Crippen molar-refractivity contribution in [3.05, 3.63) is 72.9 Å². The fourth-order valence-electron chi connectivity index (χ4n) is 1.95. The lowest BCUT2D eigenvalue weighted by Gasteiger charge is -2.02. The first kappa shape index (κ1) is 23.6. The Morgan fingerprint density at radius 3 is 1.28 bits per heavy atom. The van der Waals surface area contributed by atoms with E-state index in [0.717, 1.165) is 44.9 Å². The average molecular weight is 361 g/mol. The normalized spacial score (nSPS) is 15.8. The van der Waals surface area contributed by atoms with Crippen LogP contribution in [0.2, 0.25) is 0 Å². The van der Waals surface area contributed by atoms with E-state index in [2.05, 4.69) is 79.8 Å². The van der Waals surface area contributed by atoms with E-state index < -0.39 is 10.8 Å². The van der Waals surface area contributed by atoms with E-state index in [9.17, 15) is 4.21 Å². The highest BCUT2D eigenvalue weighted by Crippen LogP contribution is 2.01. The lowest BCUT2D eigenvalue weighted by atomic mass is 10.2. The van der Waals surface area contributed by atoms with Gasteiger partial charge in [-0.15, -0.1) is 0 Å². The Hall–Kier alpha value is -1.41. The third-order valence-corrected chi connectivity index (χ3v) is 4.96. The molecule has 2 heteroatoms.